The van der Waals surface area contributed by atoms with E-state index in [1.165, 1.54) is 25.7 Å². The second-order valence-electron chi connectivity index (χ2n) is 4.90. The van der Waals surface area contributed by atoms with Crippen LogP contribution < -0.4 is 5.32 Å². The third-order valence-corrected chi connectivity index (χ3v) is 3.46. The minimum atomic E-state index is 0.416. The summed E-state index contributed by atoms with van der Waals surface area (Å²) in [5.74, 6) is 2.21. The molecule has 0 bridgehead atoms. The first-order chi connectivity index (χ1) is 7.81. The molecule has 1 aliphatic carbocycles. The van der Waals surface area contributed by atoms with Crippen LogP contribution >= 0.6 is 0 Å². The van der Waals surface area contributed by atoms with Gasteiger partial charge in [-0.3, -0.25) is 0 Å². The molecule has 1 saturated carbocycles. The third kappa shape index (κ3) is 3.08. The summed E-state index contributed by atoms with van der Waals surface area (Å²) < 4.78 is 2.11. The molecule has 2 rings (SSSR count). The van der Waals surface area contributed by atoms with Gasteiger partial charge in [0.1, 0.15) is 5.82 Å². The van der Waals surface area contributed by atoms with Crippen molar-refractivity contribution >= 4 is 0 Å². The van der Waals surface area contributed by atoms with Gasteiger partial charge in [-0.05, 0) is 31.7 Å². The summed E-state index contributed by atoms with van der Waals surface area (Å²) in [5.41, 5.74) is 0. The van der Waals surface area contributed by atoms with Gasteiger partial charge in [0.05, 0.1) is 6.04 Å². The Morgan fingerprint density at radius 3 is 2.94 bits per heavy atom. The van der Waals surface area contributed by atoms with Crippen LogP contribution in [0.4, 0.5) is 0 Å². The largest absolute Gasteiger partial charge is 0.337 e. The van der Waals surface area contributed by atoms with E-state index in [1.807, 2.05) is 12.4 Å². The minimum absolute atomic E-state index is 0.416. The number of rotatable bonds is 7. The van der Waals surface area contributed by atoms with Crippen LogP contribution in [0.3, 0.4) is 0 Å². The quantitative estimate of drug-likeness (QED) is 0.717. The molecular weight excluding hydrogens is 198 g/mol. The average molecular weight is 221 g/mol. The van der Waals surface area contributed by atoms with E-state index < -0.39 is 0 Å². The maximum absolute atomic E-state index is 4.41. The van der Waals surface area contributed by atoms with Crippen molar-refractivity contribution in [1.29, 1.82) is 0 Å². The number of aromatic nitrogens is 2. The van der Waals surface area contributed by atoms with E-state index in [0.717, 1.165) is 24.7 Å². The van der Waals surface area contributed by atoms with Crippen molar-refractivity contribution in [2.45, 2.75) is 45.1 Å². The molecule has 3 nitrogen and oxygen atoms in total. The Morgan fingerprint density at radius 2 is 2.38 bits per heavy atom. The van der Waals surface area contributed by atoms with Crippen LogP contribution in [0.25, 0.3) is 0 Å². The van der Waals surface area contributed by atoms with E-state index in [2.05, 4.69) is 28.8 Å². The van der Waals surface area contributed by atoms with Gasteiger partial charge in [-0.25, -0.2) is 4.98 Å². The summed E-state index contributed by atoms with van der Waals surface area (Å²) in [6.07, 6.45) is 10.7. The van der Waals surface area contributed by atoms with Gasteiger partial charge in [0.25, 0.3) is 0 Å². The zero-order valence-corrected chi connectivity index (χ0v) is 10.4. The van der Waals surface area contributed by atoms with E-state index in [9.17, 15) is 0 Å². The van der Waals surface area contributed by atoms with Crippen LogP contribution in [0.2, 0.25) is 0 Å². The van der Waals surface area contributed by atoms with Gasteiger partial charge in [0.15, 0.2) is 0 Å². The molecule has 1 heterocycles. The van der Waals surface area contributed by atoms with E-state index in [4.69, 9.17) is 0 Å². The zero-order chi connectivity index (χ0) is 11.4. The molecule has 1 N–H and O–H groups in total. The molecule has 1 aliphatic rings. The fourth-order valence-corrected chi connectivity index (χ4v) is 2.20. The fraction of sp³-hybridized carbons (Fsp3) is 0.769. The van der Waals surface area contributed by atoms with Crippen LogP contribution in [0.1, 0.15) is 50.9 Å². The van der Waals surface area contributed by atoms with Crippen molar-refractivity contribution in [3.63, 3.8) is 0 Å². The van der Waals surface area contributed by atoms with Crippen molar-refractivity contribution in [1.82, 2.24) is 14.9 Å². The van der Waals surface area contributed by atoms with Gasteiger partial charge in [-0.2, -0.15) is 0 Å². The van der Waals surface area contributed by atoms with Crippen molar-refractivity contribution < 1.29 is 0 Å². The topological polar surface area (TPSA) is 29.9 Å². The number of hydrogen-bond acceptors (Lipinski definition) is 2. The Kier molecular flexibility index (Phi) is 3.99. The summed E-state index contributed by atoms with van der Waals surface area (Å²) in [6, 6.07) is 0.416. The standard InChI is InChI=1S/C13H23N3/c1-3-12(13-15-9-10-16(13)2)14-8-4-5-11-6-7-11/h9-12,14H,3-8H2,1-2H3. The second kappa shape index (κ2) is 5.48. The number of aryl methyl sites for hydroxylation is 1. The second-order valence-corrected chi connectivity index (χ2v) is 4.90. The average Bonchev–Trinajstić information content (AvgIpc) is 3.02. The van der Waals surface area contributed by atoms with Crippen LogP contribution in [0.15, 0.2) is 12.4 Å². The van der Waals surface area contributed by atoms with Gasteiger partial charge in [-0.15, -0.1) is 0 Å². The highest BCUT2D eigenvalue weighted by molar-refractivity contribution is 4.98. The molecule has 1 unspecified atom stereocenters. The zero-order valence-electron chi connectivity index (χ0n) is 10.4. The molecule has 1 aromatic rings. The van der Waals surface area contributed by atoms with Gasteiger partial charge < -0.3 is 9.88 Å². The molecule has 0 amide bonds. The Balaban J connectivity index is 1.74. The number of nitrogens with one attached hydrogen (secondary N) is 1. The highest BCUT2D eigenvalue weighted by atomic mass is 15.1. The number of hydrogen-bond donors (Lipinski definition) is 1. The Morgan fingerprint density at radius 1 is 1.56 bits per heavy atom. The molecule has 0 saturated heterocycles. The summed E-state index contributed by atoms with van der Waals surface area (Å²) in [7, 11) is 2.07. The predicted octanol–water partition coefficient (Wildman–Crippen LogP) is 2.65. The lowest BCUT2D eigenvalue weighted by atomic mass is 10.2. The van der Waals surface area contributed by atoms with Crippen molar-refractivity contribution in [2.75, 3.05) is 6.54 Å². The molecule has 0 radical (unpaired) electrons. The molecule has 90 valence electrons. The summed E-state index contributed by atoms with van der Waals surface area (Å²) >= 11 is 0. The first-order valence-corrected chi connectivity index (χ1v) is 6.52. The Labute approximate surface area is 98.3 Å². The summed E-state index contributed by atoms with van der Waals surface area (Å²) in [6.45, 7) is 3.34. The van der Waals surface area contributed by atoms with Crippen molar-refractivity contribution in [3.05, 3.63) is 18.2 Å². The number of imidazole rings is 1. The van der Waals surface area contributed by atoms with Crippen molar-refractivity contribution in [2.24, 2.45) is 13.0 Å². The smallest absolute Gasteiger partial charge is 0.125 e. The first kappa shape index (κ1) is 11.6. The maximum Gasteiger partial charge on any atom is 0.125 e. The van der Waals surface area contributed by atoms with Crippen LogP contribution in [0.5, 0.6) is 0 Å². The predicted molar refractivity (Wildman–Crippen MR) is 66.2 cm³/mol. The van der Waals surface area contributed by atoms with Crippen LogP contribution in [-0.4, -0.2) is 16.1 Å². The third-order valence-electron chi connectivity index (χ3n) is 3.46. The monoisotopic (exact) mass is 221 g/mol. The van der Waals surface area contributed by atoms with E-state index in [-0.39, 0.29) is 0 Å². The molecule has 1 aromatic heterocycles. The maximum atomic E-state index is 4.41. The molecule has 0 aromatic carbocycles. The molecule has 16 heavy (non-hydrogen) atoms. The molecule has 1 atom stereocenters. The Hall–Kier alpha value is -0.830. The van der Waals surface area contributed by atoms with Gasteiger partial charge in [0, 0.05) is 19.4 Å². The van der Waals surface area contributed by atoms with E-state index in [0.29, 0.717) is 6.04 Å². The van der Waals surface area contributed by atoms with Crippen LogP contribution in [-0.2, 0) is 7.05 Å². The van der Waals surface area contributed by atoms with E-state index >= 15 is 0 Å². The SMILES string of the molecule is CCC(NCCCC1CC1)c1nccn1C. The van der Waals surface area contributed by atoms with Crippen LogP contribution in [0, 0.1) is 5.92 Å². The Bertz CT molecular complexity index is 315. The highest BCUT2D eigenvalue weighted by Gasteiger charge is 2.20. The lowest BCUT2D eigenvalue weighted by molar-refractivity contribution is 0.466. The lowest BCUT2D eigenvalue weighted by Crippen LogP contribution is -2.24. The highest BCUT2D eigenvalue weighted by Crippen LogP contribution is 2.33. The lowest BCUT2D eigenvalue weighted by Gasteiger charge is -2.16. The molecule has 0 aliphatic heterocycles. The minimum Gasteiger partial charge on any atom is -0.337 e. The van der Waals surface area contributed by atoms with E-state index in [1.54, 1.807) is 0 Å². The normalized spacial score (nSPS) is 17.6. The fourth-order valence-electron chi connectivity index (χ4n) is 2.20. The summed E-state index contributed by atoms with van der Waals surface area (Å²) in [4.78, 5) is 4.41. The molecular formula is C13H23N3. The van der Waals surface area contributed by atoms with Gasteiger partial charge in [-0.1, -0.05) is 19.8 Å². The van der Waals surface area contributed by atoms with Gasteiger partial charge >= 0.3 is 0 Å². The van der Waals surface area contributed by atoms with Gasteiger partial charge in [0.2, 0.25) is 0 Å². The summed E-state index contributed by atoms with van der Waals surface area (Å²) in [5, 5.41) is 3.61. The van der Waals surface area contributed by atoms with Crippen molar-refractivity contribution in [3.8, 4) is 0 Å². The first-order valence-electron chi connectivity index (χ1n) is 6.52. The molecule has 3 heteroatoms. The number of nitrogens with zero attached hydrogens (tertiary/aromatic N) is 2. The molecule has 0 spiro atoms. The molecule has 1 fully saturated rings.